The molecule has 0 radical (unpaired) electrons. The number of benzene rings is 2. The van der Waals surface area contributed by atoms with Gasteiger partial charge in [0.15, 0.2) is 0 Å². The molecule has 2 aliphatic carbocycles. The number of carbonyl (C=O) groups is 4. The first-order valence-corrected chi connectivity index (χ1v) is 16.3. The minimum Gasteiger partial charge on any atom is -0.299 e. The smallest absolute Gasteiger partial charge is 0.233 e. The summed E-state index contributed by atoms with van der Waals surface area (Å²) in [5.41, 5.74) is 3.44. The molecule has 232 valence electrons. The van der Waals surface area contributed by atoms with Crippen LogP contribution in [0.25, 0.3) is 0 Å². The molecule has 1 aliphatic heterocycles. The summed E-state index contributed by atoms with van der Waals surface area (Å²) in [5, 5.41) is 2.50. The van der Waals surface area contributed by atoms with Gasteiger partial charge in [-0.05, 0) is 60.8 Å². The molecule has 42 heavy (non-hydrogen) atoms. The molecule has 2 fully saturated rings. The number of amides is 2. The van der Waals surface area contributed by atoms with E-state index in [9.17, 15) is 19.2 Å². The van der Waals surface area contributed by atoms with E-state index in [1.165, 1.54) is 0 Å². The summed E-state index contributed by atoms with van der Waals surface area (Å²) in [5.74, 6) is -0.361. The first-order chi connectivity index (χ1) is 20.3. The topological polar surface area (TPSA) is 80.3 Å². The van der Waals surface area contributed by atoms with Crippen LogP contribution in [0.3, 0.4) is 0 Å². The molecule has 2 atom stereocenters. The van der Waals surface area contributed by atoms with Crippen molar-refractivity contribution in [3.63, 3.8) is 0 Å². The second kappa shape index (κ2) is 17.8. The zero-order valence-corrected chi connectivity index (χ0v) is 27.7. The molecule has 3 aliphatic rings. The highest BCUT2D eigenvalue weighted by Gasteiger charge is 2.48. The summed E-state index contributed by atoms with van der Waals surface area (Å²) in [6.07, 6.45) is 5.17. The van der Waals surface area contributed by atoms with Crippen molar-refractivity contribution in [2.75, 3.05) is 0 Å². The minimum atomic E-state index is -0.536. The van der Waals surface area contributed by atoms with E-state index in [0.717, 1.165) is 35.1 Å². The number of carbonyl (C=O) groups excluding carboxylic acids is 4. The van der Waals surface area contributed by atoms with E-state index in [1.807, 2.05) is 111 Å². The van der Waals surface area contributed by atoms with Crippen LogP contribution in [0.15, 0.2) is 48.5 Å². The molecule has 1 unspecified atom stereocenters. The zero-order chi connectivity index (χ0) is 31.9. The van der Waals surface area contributed by atoms with Crippen LogP contribution in [0.5, 0.6) is 0 Å². The normalized spacial score (nSPS) is 19.5. The lowest BCUT2D eigenvalue weighted by molar-refractivity contribution is -0.141. The lowest BCUT2D eigenvalue weighted by Gasteiger charge is -2.31. The molecule has 5 heteroatoms. The van der Waals surface area contributed by atoms with Crippen LogP contribution in [-0.2, 0) is 44.9 Å². The molecule has 2 aromatic rings. The summed E-state index contributed by atoms with van der Waals surface area (Å²) in [6, 6.07) is 16.0. The average Bonchev–Trinajstić information content (AvgIpc) is 3.67. The number of nitrogens with one attached hydrogen (secondary N) is 1. The van der Waals surface area contributed by atoms with Gasteiger partial charge in [0, 0.05) is 30.6 Å². The number of Topliss-reactive ketones (excluding diaryl/α,β-unsaturated/α-hetero) is 2. The Morgan fingerprint density at radius 1 is 0.786 bits per heavy atom. The number of imide groups is 1. The van der Waals surface area contributed by atoms with Crippen LogP contribution >= 0.6 is 0 Å². The maximum Gasteiger partial charge on any atom is 0.233 e. The second-order valence-corrected chi connectivity index (χ2v) is 10.8. The van der Waals surface area contributed by atoms with Gasteiger partial charge in [-0.3, -0.25) is 24.5 Å². The Balaban J connectivity index is 0.00000102. The molecule has 1 saturated carbocycles. The van der Waals surface area contributed by atoms with Gasteiger partial charge in [0.2, 0.25) is 11.8 Å². The van der Waals surface area contributed by atoms with Crippen molar-refractivity contribution in [3.05, 3.63) is 70.8 Å². The Hall–Kier alpha value is -3.08. The van der Waals surface area contributed by atoms with Gasteiger partial charge in [0.25, 0.3) is 0 Å². The Kier molecular flexibility index (Phi) is 15.6. The third-order valence-electron chi connectivity index (χ3n) is 8.06. The summed E-state index contributed by atoms with van der Waals surface area (Å²) < 4.78 is 0. The van der Waals surface area contributed by atoms with Gasteiger partial charge in [-0.1, -0.05) is 111 Å². The fraction of sp³-hybridized carbons (Fsp3) is 0.568. The molecule has 2 amide bonds. The van der Waals surface area contributed by atoms with Gasteiger partial charge in [0.1, 0.15) is 11.6 Å². The summed E-state index contributed by atoms with van der Waals surface area (Å²) in [6.45, 7) is 18.0. The highest BCUT2D eigenvalue weighted by atomic mass is 16.2. The van der Waals surface area contributed by atoms with Crippen molar-refractivity contribution >= 4 is 23.4 Å². The van der Waals surface area contributed by atoms with Gasteiger partial charge >= 0.3 is 0 Å². The lowest BCUT2D eigenvalue weighted by Crippen LogP contribution is -2.49. The molecule has 1 heterocycles. The molecule has 2 aromatic carbocycles. The van der Waals surface area contributed by atoms with Crippen molar-refractivity contribution in [1.82, 2.24) is 5.32 Å². The predicted octanol–water partition coefficient (Wildman–Crippen LogP) is 8.04. The predicted molar refractivity (Wildman–Crippen MR) is 173 cm³/mol. The van der Waals surface area contributed by atoms with Gasteiger partial charge < -0.3 is 0 Å². The Bertz CT molecular complexity index is 1170. The average molecular weight is 578 g/mol. The number of ketones is 2. The molecule has 0 bridgehead atoms. The highest BCUT2D eigenvalue weighted by molar-refractivity contribution is 6.01. The number of hydrogen-bond acceptors (Lipinski definition) is 4. The van der Waals surface area contributed by atoms with Crippen molar-refractivity contribution in [2.45, 2.75) is 120 Å². The molecule has 5 nitrogen and oxygen atoms in total. The monoisotopic (exact) mass is 577 g/mol. The Labute approximate surface area is 255 Å². The van der Waals surface area contributed by atoms with Crippen molar-refractivity contribution < 1.29 is 19.2 Å². The summed E-state index contributed by atoms with van der Waals surface area (Å²) >= 11 is 0. The van der Waals surface area contributed by atoms with E-state index in [2.05, 4.69) is 5.32 Å². The molecule has 1 spiro atoms. The van der Waals surface area contributed by atoms with E-state index >= 15 is 0 Å². The van der Waals surface area contributed by atoms with Crippen LogP contribution in [0.1, 0.15) is 117 Å². The first-order valence-electron chi connectivity index (χ1n) is 16.3. The van der Waals surface area contributed by atoms with E-state index < -0.39 is 5.41 Å². The van der Waals surface area contributed by atoms with Gasteiger partial charge in [-0.15, -0.1) is 0 Å². The molecule has 0 aromatic heterocycles. The first kappa shape index (κ1) is 36.9. The SMILES string of the molecule is CC.CC.CC.CC.CC1(C(=O)C(CC(=O)Cc2ccc3c(c2)C[C@@]2(CCC(=O)NC2=O)C3)Cc2ccccc2)CC1. The molecule has 1 N–H and O–H groups in total. The van der Waals surface area contributed by atoms with Gasteiger partial charge in [-0.25, -0.2) is 0 Å². The Morgan fingerprint density at radius 3 is 1.95 bits per heavy atom. The van der Waals surface area contributed by atoms with E-state index in [1.54, 1.807) is 0 Å². The minimum absolute atomic E-state index is 0.0761. The van der Waals surface area contributed by atoms with Crippen LogP contribution in [-0.4, -0.2) is 23.4 Å². The molecule has 5 rings (SSSR count). The number of hydrogen-bond donors (Lipinski definition) is 1. The van der Waals surface area contributed by atoms with Crippen molar-refractivity contribution in [2.24, 2.45) is 16.7 Å². The van der Waals surface area contributed by atoms with Gasteiger partial charge in [0.05, 0.1) is 5.41 Å². The molecule has 1 saturated heterocycles. The number of fused-ring (bicyclic) bond motifs is 1. The largest absolute Gasteiger partial charge is 0.299 e. The van der Waals surface area contributed by atoms with E-state index in [0.29, 0.717) is 38.5 Å². The molecular weight excluding hydrogens is 522 g/mol. The zero-order valence-electron chi connectivity index (χ0n) is 27.7. The van der Waals surface area contributed by atoms with Crippen LogP contribution < -0.4 is 5.32 Å². The summed E-state index contributed by atoms with van der Waals surface area (Å²) in [4.78, 5) is 50.4. The van der Waals surface area contributed by atoms with E-state index in [-0.39, 0.29) is 41.1 Å². The Morgan fingerprint density at radius 2 is 1.38 bits per heavy atom. The van der Waals surface area contributed by atoms with Crippen molar-refractivity contribution in [1.29, 1.82) is 0 Å². The molecular formula is C37H55NO4. The number of rotatable bonds is 8. The quantitative estimate of drug-likeness (QED) is 0.322. The number of piperidine rings is 1. The lowest BCUT2D eigenvalue weighted by atomic mass is 9.77. The van der Waals surface area contributed by atoms with Gasteiger partial charge in [-0.2, -0.15) is 0 Å². The standard InChI is InChI=1S/C29H31NO4.4C2H6/c1-28(11-12-28)26(33)22(13-19-5-3-2-4-6-19)16-24(31)15-20-7-8-21-17-29(18-23(21)14-20)10-9-25(32)30-27(29)34;4*1-2/h2-8,14,22H,9-13,15-18H2,1H3,(H,30,32,34);4*1-2H3/t22?,29-;;;;/m1..../s1. The summed E-state index contributed by atoms with van der Waals surface area (Å²) in [7, 11) is 0. The van der Waals surface area contributed by atoms with Crippen LogP contribution in [0.2, 0.25) is 0 Å². The van der Waals surface area contributed by atoms with Crippen molar-refractivity contribution in [3.8, 4) is 0 Å². The van der Waals surface area contributed by atoms with Crippen LogP contribution in [0.4, 0.5) is 0 Å². The fourth-order valence-electron chi connectivity index (χ4n) is 5.70. The maximum atomic E-state index is 13.2. The second-order valence-electron chi connectivity index (χ2n) is 10.8. The van der Waals surface area contributed by atoms with E-state index in [4.69, 9.17) is 0 Å². The third-order valence-corrected chi connectivity index (χ3v) is 8.06. The highest BCUT2D eigenvalue weighted by Crippen LogP contribution is 2.48. The fourth-order valence-corrected chi connectivity index (χ4v) is 5.70. The maximum absolute atomic E-state index is 13.2. The van der Waals surface area contributed by atoms with Crippen LogP contribution in [0, 0.1) is 16.7 Å². The third kappa shape index (κ3) is 9.47.